The Kier molecular flexibility index (Phi) is 4.30. The molecule has 7 heteroatoms. The van der Waals surface area contributed by atoms with E-state index in [2.05, 4.69) is 20.6 Å². The summed E-state index contributed by atoms with van der Waals surface area (Å²) in [6, 6.07) is 13.1. The van der Waals surface area contributed by atoms with Crippen LogP contribution in [0.3, 0.4) is 0 Å². The number of carbonyl (C=O) groups excluding carboxylic acids is 2. The highest BCUT2D eigenvalue weighted by Gasteiger charge is 2.08. The van der Waals surface area contributed by atoms with Gasteiger partial charge in [-0.2, -0.15) is 4.98 Å². The molecule has 2 aromatic carbocycles. The van der Waals surface area contributed by atoms with Gasteiger partial charge in [0.2, 0.25) is 17.8 Å². The van der Waals surface area contributed by atoms with Crippen molar-refractivity contribution in [3.05, 3.63) is 42.5 Å². The zero-order valence-corrected chi connectivity index (χ0v) is 13.8. The molecule has 4 N–H and O–H groups in total. The molecule has 0 bridgehead atoms. The molecule has 2 amide bonds. The van der Waals surface area contributed by atoms with E-state index in [4.69, 9.17) is 5.73 Å². The van der Waals surface area contributed by atoms with E-state index in [1.165, 1.54) is 13.8 Å². The Hall–Kier alpha value is -3.48. The van der Waals surface area contributed by atoms with Crippen LogP contribution in [-0.2, 0) is 9.59 Å². The maximum atomic E-state index is 11.1. The largest absolute Gasteiger partial charge is 0.383 e. The second kappa shape index (κ2) is 6.56. The van der Waals surface area contributed by atoms with Crippen molar-refractivity contribution in [2.45, 2.75) is 13.8 Å². The molecule has 0 fully saturated rings. The molecule has 0 saturated carbocycles. The summed E-state index contributed by atoms with van der Waals surface area (Å²) < 4.78 is 0. The van der Waals surface area contributed by atoms with Crippen molar-refractivity contribution in [3.63, 3.8) is 0 Å². The highest BCUT2D eigenvalue weighted by molar-refractivity contribution is 5.95. The summed E-state index contributed by atoms with van der Waals surface area (Å²) in [4.78, 5) is 30.6. The topological polar surface area (TPSA) is 110 Å². The van der Waals surface area contributed by atoms with Gasteiger partial charge in [-0.15, -0.1) is 0 Å². The quantitative estimate of drug-likeness (QED) is 0.682. The van der Waals surface area contributed by atoms with E-state index in [1.807, 2.05) is 42.5 Å². The van der Waals surface area contributed by atoms with Crippen LogP contribution in [0.2, 0.25) is 0 Å². The second-order valence-corrected chi connectivity index (χ2v) is 5.60. The van der Waals surface area contributed by atoms with Crippen molar-refractivity contribution >= 4 is 40.2 Å². The lowest BCUT2D eigenvalue weighted by atomic mass is 10.0. The maximum absolute atomic E-state index is 11.1. The van der Waals surface area contributed by atoms with Gasteiger partial charge in [0.1, 0.15) is 5.82 Å². The van der Waals surface area contributed by atoms with E-state index in [0.717, 1.165) is 16.8 Å². The van der Waals surface area contributed by atoms with Crippen molar-refractivity contribution in [2.24, 2.45) is 0 Å². The standard InChI is InChI=1S/C18H17N5O2/c1-10(24)20-14-6-3-12(4-7-14)13-5-8-16-15(9-13)17(19)23-18(22-16)21-11(2)25/h3-9H,1-2H3,(H,20,24)(H3,19,21,22,23,25). The van der Waals surface area contributed by atoms with Crippen LogP contribution in [0.15, 0.2) is 42.5 Å². The summed E-state index contributed by atoms with van der Waals surface area (Å²) >= 11 is 0. The fourth-order valence-corrected chi connectivity index (χ4v) is 2.49. The van der Waals surface area contributed by atoms with Crippen LogP contribution in [0.25, 0.3) is 22.0 Å². The number of amides is 2. The monoisotopic (exact) mass is 335 g/mol. The number of anilines is 3. The number of carbonyl (C=O) groups is 2. The molecule has 0 aliphatic rings. The third kappa shape index (κ3) is 3.72. The van der Waals surface area contributed by atoms with Gasteiger partial charge in [-0.05, 0) is 35.4 Å². The zero-order valence-electron chi connectivity index (χ0n) is 13.8. The lowest BCUT2D eigenvalue weighted by molar-refractivity contribution is -0.115. The Labute approximate surface area is 144 Å². The first-order valence-electron chi connectivity index (χ1n) is 7.65. The van der Waals surface area contributed by atoms with Gasteiger partial charge in [0.25, 0.3) is 0 Å². The summed E-state index contributed by atoms with van der Waals surface area (Å²) in [5.74, 6) is 0.114. The maximum Gasteiger partial charge on any atom is 0.231 e. The first-order chi connectivity index (χ1) is 11.9. The molecule has 0 unspecified atom stereocenters. The van der Waals surface area contributed by atoms with Crippen LogP contribution >= 0.6 is 0 Å². The smallest absolute Gasteiger partial charge is 0.231 e. The number of hydrogen-bond acceptors (Lipinski definition) is 5. The van der Waals surface area contributed by atoms with Gasteiger partial charge in [0.15, 0.2) is 0 Å². The average molecular weight is 335 g/mol. The Morgan fingerprint density at radius 3 is 2.16 bits per heavy atom. The van der Waals surface area contributed by atoms with Gasteiger partial charge in [-0.3, -0.25) is 14.9 Å². The van der Waals surface area contributed by atoms with E-state index >= 15 is 0 Å². The number of benzene rings is 2. The Balaban J connectivity index is 1.96. The average Bonchev–Trinajstić information content (AvgIpc) is 2.54. The minimum atomic E-state index is -0.255. The number of nitrogen functional groups attached to an aromatic ring is 1. The number of fused-ring (bicyclic) bond motifs is 1. The predicted molar refractivity (Wildman–Crippen MR) is 98.0 cm³/mol. The van der Waals surface area contributed by atoms with Crippen molar-refractivity contribution in [1.29, 1.82) is 0 Å². The van der Waals surface area contributed by atoms with Crippen molar-refractivity contribution < 1.29 is 9.59 Å². The summed E-state index contributed by atoms with van der Waals surface area (Å²) in [6.45, 7) is 2.85. The molecule has 0 spiro atoms. The minimum Gasteiger partial charge on any atom is -0.383 e. The lowest BCUT2D eigenvalue weighted by Gasteiger charge is -2.09. The van der Waals surface area contributed by atoms with Gasteiger partial charge in [0, 0.05) is 24.9 Å². The summed E-state index contributed by atoms with van der Waals surface area (Å²) in [6.07, 6.45) is 0. The molecule has 0 radical (unpaired) electrons. The second-order valence-electron chi connectivity index (χ2n) is 5.60. The fourth-order valence-electron chi connectivity index (χ4n) is 2.49. The first-order valence-corrected chi connectivity index (χ1v) is 7.65. The van der Waals surface area contributed by atoms with Gasteiger partial charge in [0.05, 0.1) is 5.52 Å². The zero-order chi connectivity index (χ0) is 18.0. The molecule has 25 heavy (non-hydrogen) atoms. The highest BCUT2D eigenvalue weighted by atomic mass is 16.2. The number of hydrogen-bond donors (Lipinski definition) is 3. The molecule has 7 nitrogen and oxygen atoms in total. The minimum absolute atomic E-state index is 0.113. The third-order valence-corrected chi connectivity index (χ3v) is 3.55. The van der Waals surface area contributed by atoms with E-state index in [9.17, 15) is 9.59 Å². The molecular weight excluding hydrogens is 318 g/mol. The van der Waals surface area contributed by atoms with Gasteiger partial charge < -0.3 is 11.1 Å². The molecule has 3 rings (SSSR count). The number of nitrogens with two attached hydrogens (primary N) is 1. The van der Waals surface area contributed by atoms with Crippen LogP contribution in [0.5, 0.6) is 0 Å². The van der Waals surface area contributed by atoms with Crippen LogP contribution in [0, 0.1) is 0 Å². The first kappa shape index (κ1) is 16.4. The molecule has 0 atom stereocenters. The Bertz CT molecular complexity index is 967. The van der Waals surface area contributed by atoms with E-state index < -0.39 is 0 Å². The molecule has 0 aliphatic carbocycles. The fraction of sp³-hybridized carbons (Fsp3) is 0.111. The lowest BCUT2D eigenvalue weighted by Crippen LogP contribution is -2.10. The van der Waals surface area contributed by atoms with E-state index in [0.29, 0.717) is 16.7 Å². The van der Waals surface area contributed by atoms with Gasteiger partial charge in [-0.25, -0.2) is 4.98 Å². The van der Waals surface area contributed by atoms with Crippen LogP contribution < -0.4 is 16.4 Å². The summed E-state index contributed by atoms with van der Waals surface area (Å²) in [7, 11) is 0. The van der Waals surface area contributed by atoms with Gasteiger partial charge in [-0.1, -0.05) is 18.2 Å². The normalized spacial score (nSPS) is 10.5. The molecule has 1 aromatic heterocycles. The van der Waals surface area contributed by atoms with E-state index in [1.54, 1.807) is 0 Å². The predicted octanol–water partition coefficient (Wildman–Crippen LogP) is 2.80. The number of rotatable bonds is 3. The third-order valence-electron chi connectivity index (χ3n) is 3.55. The van der Waals surface area contributed by atoms with Crippen molar-refractivity contribution in [3.8, 4) is 11.1 Å². The molecule has 3 aromatic rings. The molecular formula is C18H17N5O2. The van der Waals surface area contributed by atoms with E-state index in [-0.39, 0.29) is 17.8 Å². The summed E-state index contributed by atoms with van der Waals surface area (Å²) in [5.41, 5.74) is 9.31. The number of nitrogens with zero attached hydrogens (tertiary/aromatic N) is 2. The number of nitrogens with one attached hydrogen (secondary N) is 2. The summed E-state index contributed by atoms with van der Waals surface area (Å²) in [5, 5.41) is 5.97. The highest BCUT2D eigenvalue weighted by Crippen LogP contribution is 2.27. The van der Waals surface area contributed by atoms with Gasteiger partial charge >= 0.3 is 0 Å². The molecule has 126 valence electrons. The van der Waals surface area contributed by atoms with Crippen LogP contribution in [0.4, 0.5) is 17.5 Å². The molecule has 1 heterocycles. The van der Waals surface area contributed by atoms with Crippen molar-refractivity contribution in [1.82, 2.24) is 9.97 Å². The Morgan fingerprint density at radius 2 is 1.52 bits per heavy atom. The van der Waals surface area contributed by atoms with Crippen LogP contribution in [-0.4, -0.2) is 21.8 Å². The number of aromatic nitrogens is 2. The molecule has 0 aliphatic heterocycles. The van der Waals surface area contributed by atoms with Crippen LogP contribution in [0.1, 0.15) is 13.8 Å². The molecule has 0 saturated heterocycles. The van der Waals surface area contributed by atoms with Crippen molar-refractivity contribution in [2.75, 3.05) is 16.4 Å². The Morgan fingerprint density at radius 1 is 0.880 bits per heavy atom. The SMILES string of the molecule is CC(=O)Nc1ccc(-c2ccc3nc(NC(C)=O)nc(N)c3c2)cc1.